The van der Waals surface area contributed by atoms with Gasteiger partial charge in [-0.2, -0.15) is 0 Å². The molecule has 7 nitrogen and oxygen atoms in total. The number of esters is 1. The third-order valence-corrected chi connectivity index (χ3v) is 6.31. The predicted molar refractivity (Wildman–Crippen MR) is 116 cm³/mol. The average molecular weight is 462 g/mol. The van der Waals surface area contributed by atoms with E-state index in [2.05, 4.69) is 9.80 Å². The van der Waals surface area contributed by atoms with Crippen molar-refractivity contribution in [1.29, 1.82) is 0 Å². The minimum Gasteiger partial charge on any atom is -0.468 e. The third-order valence-electron chi connectivity index (χ3n) is 6.31. The number of ether oxygens (including phenoxy) is 1. The van der Waals surface area contributed by atoms with E-state index in [0.717, 1.165) is 11.8 Å². The van der Waals surface area contributed by atoms with Crippen molar-refractivity contribution < 1.29 is 27.5 Å². The van der Waals surface area contributed by atoms with Crippen LogP contribution < -0.4 is 0 Å². The number of fused-ring (bicyclic) bond motifs is 1. The van der Waals surface area contributed by atoms with Crippen LogP contribution in [0.2, 0.25) is 0 Å². The quantitative estimate of drug-likeness (QED) is 0.616. The molecule has 3 heterocycles. The van der Waals surface area contributed by atoms with Gasteiger partial charge in [-0.1, -0.05) is 12.1 Å². The largest absolute Gasteiger partial charge is 0.468 e. The van der Waals surface area contributed by atoms with Gasteiger partial charge in [0.15, 0.2) is 11.6 Å². The van der Waals surface area contributed by atoms with E-state index in [9.17, 15) is 18.4 Å². The molecule has 0 bridgehead atoms. The van der Waals surface area contributed by atoms with Gasteiger partial charge in [-0.25, -0.2) is 8.78 Å². The van der Waals surface area contributed by atoms with Crippen molar-refractivity contribution in [1.82, 2.24) is 14.7 Å². The van der Waals surface area contributed by atoms with Crippen LogP contribution in [0, 0.1) is 17.6 Å². The molecule has 178 valence electrons. The molecule has 9 heteroatoms. The Morgan fingerprint density at radius 1 is 1.09 bits per heavy atom. The number of rotatable bonds is 6. The lowest BCUT2D eigenvalue weighted by Crippen LogP contribution is -2.57. The van der Waals surface area contributed by atoms with E-state index in [0.29, 0.717) is 52.4 Å². The molecule has 1 amide bonds. The number of carbonyl (C=O) groups is 2. The number of furan rings is 1. The second-order valence-electron chi connectivity index (χ2n) is 8.60. The van der Waals surface area contributed by atoms with Crippen LogP contribution in [0.25, 0.3) is 0 Å². The number of hydrogen-bond acceptors (Lipinski definition) is 6. The Morgan fingerprint density at radius 3 is 2.70 bits per heavy atom. The molecule has 2 aliphatic heterocycles. The molecule has 0 radical (unpaired) electrons. The summed E-state index contributed by atoms with van der Waals surface area (Å²) in [5, 5.41) is 0. The maximum atomic E-state index is 14.1. The summed E-state index contributed by atoms with van der Waals surface area (Å²) < 4.78 is 38.4. The van der Waals surface area contributed by atoms with Crippen molar-refractivity contribution in [3.63, 3.8) is 0 Å². The van der Waals surface area contributed by atoms with Crippen LogP contribution in [0.5, 0.6) is 0 Å². The standard InChI is InChI=1S/C24H29F2N3O4/c1-2-32-24(31)18-12-27(16-20-6-4-10-33-20)14-19-15-29(9-8-28(19)13-18)22(30)11-17-5-3-7-21(25)23(17)26/h3-7,10,18-19H,2,8-9,11-16H2,1H3/t18-,19-/m0/s1. The van der Waals surface area contributed by atoms with Gasteiger partial charge in [0, 0.05) is 50.9 Å². The lowest BCUT2D eigenvalue weighted by Gasteiger charge is -2.41. The lowest BCUT2D eigenvalue weighted by atomic mass is 10.1. The highest BCUT2D eigenvalue weighted by Crippen LogP contribution is 2.22. The Hall–Kier alpha value is -2.78. The molecule has 0 N–H and O–H groups in total. The summed E-state index contributed by atoms with van der Waals surface area (Å²) in [5.41, 5.74) is 0.0603. The minimum absolute atomic E-state index is 0.00875. The molecular weight excluding hydrogens is 432 g/mol. The van der Waals surface area contributed by atoms with Gasteiger partial charge >= 0.3 is 5.97 Å². The summed E-state index contributed by atoms with van der Waals surface area (Å²) in [6.07, 6.45) is 1.44. The van der Waals surface area contributed by atoms with E-state index in [4.69, 9.17) is 9.15 Å². The van der Waals surface area contributed by atoms with Crippen LogP contribution in [0.4, 0.5) is 8.78 Å². The van der Waals surface area contributed by atoms with Gasteiger partial charge in [-0.3, -0.25) is 19.4 Å². The van der Waals surface area contributed by atoms with E-state index in [1.54, 1.807) is 18.1 Å². The molecule has 0 saturated carbocycles. The number of benzene rings is 1. The molecule has 2 atom stereocenters. The fraction of sp³-hybridized carbons (Fsp3) is 0.500. The first-order valence-corrected chi connectivity index (χ1v) is 11.3. The monoisotopic (exact) mass is 461 g/mol. The SMILES string of the molecule is CCOC(=O)[C@H]1CN(Cc2ccco2)C[C@H]2CN(C(=O)Cc3cccc(F)c3F)CCN2C1. The van der Waals surface area contributed by atoms with Crippen LogP contribution in [0.1, 0.15) is 18.2 Å². The number of carbonyl (C=O) groups excluding carboxylic acids is 2. The number of halogens is 2. The van der Waals surface area contributed by atoms with Crippen molar-refractivity contribution in [2.45, 2.75) is 25.9 Å². The van der Waals surface area contributed by atoms with Crippen molar-refractivity contribution in [2.75, 3.05) is 45.9 Å². The molecule has 1 aromatic heterocycles. The zero-order valence-corrected chi connectivity index (χ0v) is 18.7. The molecule has 2 aromatic rings. The molecule has 0 unspecified atom stereocenters. The normalized spacial score (nSPS) is 22.0. The molecule has 1 aromatic carbocycles. The first kappa shape index (κ1) is 23.4. The highest BCUT2D eigenvalue weighted by atomic mass is 19.2. The summed E-state index contributed by atoms with van der Waals surface area (Å²) >= 11 is 0. The van der Waals surface area contributed by atoms with Gasteiger partial charge in [0.25, 0.3) is 0 Å². The van der Waals surface area contributed by atoms with Crippen LogP contribution in [0.15, 0.2) is 41.0 Å². The van der Waals surface area contributed by atoms with Crippen LogP contribution >= 0.6 is 0 Å². The average Bonchev–Trinajstić information content (AvgIpc) is 3.23. The maximum absolute atomic E-state index is 14.1. The first-order chi connectivity index (χ1) is 15.9. The molecule has 2 fully saturated rings. The number of amides is 1. The van der Waals surface area contributed by atoms with Gasteiger partial charge < -0.3 is 14.1 Å². The summed E-state index contributed by atoms with van der Waals surface area (Å²) in [7, 11) is 0. The zero-order chi connectivity index (χ0) is 23.4. The van der Waals surface area contributed by atoms with Crippen LogP contribution in [0.3, 0.4) is 0 Å². The fourth-order valence-electron chi connectivity index (χ4n) is 4.68. The Kier molecular flexibility index (Phi) is 7.39. The molecule has 33 heavy (non-hydrogen) atoms. The number of nitrogens with zero attached hydrogens (tertiary/aromatic N) is 3. The second-order valence-corrected chi connectivity index (χ2v) is 8.60. The topological polar surface area (TPSA) is 66.2 Å². The van der Waals surface area contributed by atoms with E-state index in [1.807, 2.05) is 12.1 Å². The fourth-order valence-corrected chi connectivity index (χ4v) is 4.68. The van der Waals surface area contributed by atoms with Crippen molar-refractivity contribution in [3.05, 3.63) is 59.6 Å². The smallest absolute Gasteiger partial charge is 0.311 e. The van der Waals surface area contributed by atoms with E-state index in [1.165, 1.54) is 12.1 Å². The molecular formula is C24H29F2N3O4. The van der Waals surface area contributed by atoms with Gasteiger partial charge in [-0.05, 0) is 25.1 Å². The predicted octanol–water partition coefficient (Wildman–Crippen LogP) is 2.31. The zero-order valence-electron chi connectivity index (χ0n) is 18.7. The summed E-state index contributed by atoms with van der Waals surface area (Å²) in [6, 6.07) is 7.62. The minimum atomic E-state index is -0.971. The summed E-state index contributed by atoms with van der Waals surface area (Å²) in [4.78, 5) is 31.6. The van der Waals surface area contributed by atoms with Crippen molar-refractivity contribution in [2.24, 2.45) is 5.92 Å². The van der Waals surface area contributed by atoms with Gasteiger partial charge in [0.1, 0.15) is 5.76 Å². The summed E-state index contributed by atoms with van der Waals surface area (Å²) in [6.45, 7) is 5.95. The molecule has 4 rings (SSSR count). The maximum Gasteiger partial charge on any atom is 0.311 e. The molecule has 2 saturated heterocycles. The number of piperazine rings is 1. The van der Waals surface area contributed by atoms with Crippen LogP contribution in [-0.2, 0) is 27.3 Å². The summed E-state index contributed by atoms with van der Waals surface area (Å²) in [5.74, 6) is -1.87. The Morgan fingerprint density at radius 2 is 1.94 bits per heavy atom. The van der Waals surface area contributed by atoms with Crippen LogP contribution in [-0.4, -0.2) is 78.5 Å². The highest BCUT2D eigenvalue weighted by molar-refractivity contribution is 5.79. The Bertz CT molecular complexity index is 969. The highest BCUT2D eigenvalue weighted by Gasteiger charge is 2.38. The van der Waals surface area contributed by atoms with Gasteiger partial charge in [0.2, 0.25) is 5.91 Å². The Labute approximate surface area is 191 Å². The van der Waals surface area contributed by atoms with E-state index < -0.39 is 11.6 Å². The van der Waals surface area contributed by atoms with E-state index >= 15 is 0 Å². The molecule has 0 spiro atoms. The van der Waals surface area contributed by atoms with E-state index in [-0.39, 0.29) is 35.8 Å². The number of hydrogen-bond donors (Lipinski definition) is 0. The molecule has 0 aliphatic carbocycles. The Balaban J connectivity index is 1.46. The first-order valence-electron chi connectivity index (χ1n) is 11.3. The van der Waals surface area contributed by atoms with Gasteiger partial charge in [-0.15, -0.1) is 0 Å². The van der Waals surface area contributed by atoms with Crippen molar-refractivity contribution >= 4 is 11.9 Å². The van der Waals surface area contributed by atoms with Gasteiger partial charge in [0.05, 0.1) is 31.8 Å². The third kappa shape index (κ3) is 5.59. The van der Waals surface area contributed by atoms with Crippen molar-refractivity contribution in [3.8, 4) is 0 Å². The molecule has 2 aliphatic rings. The second kappa shape index (κ2) is 10.4. The lowest BCUT2D eigenvalue weighted by molar-refractivity contribution is -0.149.